The fourth-order valence-electron chi connectivity index (χ4n) is 2.89. The van der Waals surface area contributed by atoms with Gasteiger partial charge in [-0.15, -0.1) is 0 Å². The molecule has 2 rings (SSSR count). The van der Waals surface area contributed by atoms with E-state index in [-0.39, 0.29) is 24.9 Å². The van der Waals surface area contributed by atoms with Crippen LogP contribution in [0.4, 0.5) is 11.4 Å². The topological polar surface area (TPSA) is 110 Å². The van der Waals surface area contributed by atoms with Gasteiger partial charge in [0.15, 0.2) is 0 Å². The third kappa shape index (κ3) is 3.49. The minimum Gasteiger partial charge on any atom is -0.392 e. The molecule has 0 saturated heterocycles. The Morgan fingerprint density at radius 1 is 1.43 bits per heavy atom. The number of rotatable bonds is 6. The normalized spacial score (nSPS) is 15.1. The molecule has 0 unspecified atom stereocenters. The van der Waals surface area contributed by atoms with Crippen molar-refractivity contribution in [1.29, 1.82) is 0 Å². The van der Waals surface area contributed by atoms with Gasteiger partial charge in [-0.1, -0.05) is 12.8 Å². The molecule has 0 atom stereocenters. The molecule has 7 nitrogen and oxygen atoms in total. The second-order valence-corrected chi connectivity index (χ2v) is 5.26. The van der Waals surface area contributed by atoms with Gasteiger partial charge in [-0.25, -0.2) is 0 Å². The Balaban J connectivity index is 2.38. The van der Waals surface area contributed by atoms with Crippen molar-refractivity contribution in [2.24, 2.45) is 5.73 Å². The summed E-state index contributed by atoms with van der Waals surface area (Å²) in [5, 5.41) is 20.3. The summed E-state index contributed by atoms with van der Waals surface area (Å²) in [6.45, 7) is -0.269. The molecule has 1 amide bonds. The fraction of sp³-hybridized carbons (Fsp3) is 0.500. The van der Waals surface area contributed by atoms with Crippen LogP contribution in [0.25, 0.3) is 0 Å². The molecule has 1 aliphatic carbocycles. The predicted molar refractivity (Wildman–Crippen MR) is 77.8 cm³/mol. The van der Waals surface area contributed by atoms with Crippen LogP contribution >= 0.6 is 0 Å². The molecule has 3 N–H and O–H groups in total. The Labute approximate surface area is 122 Å². The van der Waals surface area contributed by atoms with E-state index in [2.05, 4.69) is 0 Å². The van der Waals surface area contributed by atoms with Crippen molar-refractivity contribution in [1.82, 2.24) is 0 Å². The van der Waals surface area contributed by atoms with Crippen LogP contribution in [0, 0.1) is 10.1 Å². The molecule has 21 heavy (non-hydrogen) atoms. The number of nitrogens with zero attached hydrogens (tertiary/aromatic N) is 2. The minimum atomic E-state index is -0.503. The van der Waals surface area contributed by atoms with E-state index in [9.17, 15) is 20.0 Å². The third-order valence-electron chi connectivity index (χ3n) is 3.85. The van der Waals surface area contributed by atoms with Crippen LogP contribution in [-0.4, -0.2) is 28.5 Å². The van der Waals surface area contributed by atoms with E-state index < -0.39 is 10.8 Å². The molecular formula is C14H19N3O4. The van der Waals surface area contributed by atoms with Crippen molar-refractivity contribution in [3.63, 3.8) is 0 Å². The lowest BCUT2D eigenvalue weighted by Gasteiger charge is -2.31. The monoisotopic (exact) mass is 293 g/mol. The number of carbonyl (C=O) groups excluding carboxylic acids is 1. The molecule has 7 heteroatoms. The highest BCUT2D eigenvalue weighted by Gasteiger charge is 2.26. The Hall–Kier alpha value is -2.15. The summed E-state index contributed by atoms with van der Waals surface area (Å²) in [7, 11) is 0. The fourth-order valence-corrected chi connectivity index (χ4v) is 2.89. The minimum absolute atomic E-state index is 0.0511. The number of hydrogen-bond donors (Lipinski definition) is 2. The van der Waals surface area contributed by atoms with Crippen LogP contribution in [0.1, 0.15) is 31.2 Å². The number of benzene rings is 1. The lowest BCUT2D eigenvalue weighted by molar-refractivity contribution is -0.384. The van der Waals surface area contributed by atoms with Gasteiger partial charge in [-0.05, 0) is 18.9 Å². The number of nitro groups is 1. The molecule has 1 saturated carbocycles. The standard InChI is InChI=1S/C14H19N3O4/c15-14(19)8-16(11-3-1-2-4-11)13-6-5-12(17(20)21)7-10(13)9-18/h5-7,11,18H,1-4,8-9H2,(H2,15,19). The number of nitro benzene ring substituents is 1. The summed E-state index contributed by atoms with van der Waals surface area (Å²) < 4.78 is 0. The number of amides is 1. The van der Waals surface area contributed by atoms with E-state index in [0.29, 0.717) is 11.3 Å². The second kappa shape index (κ2) is 6.53. The largest absolute Gasteiger partial charge is 0.392 e. The average molecular weight is 293 g/mol. The highest BCUT2D eigenvalue weighted by atomic mass is 16.6. The van der Waals surface area contributed by atoms with Gasteiger partial charge >= 0.3 is 0 Å². The number of aliphatic hydroxyl groups is 1. The molecule has 1 fully saturated rings. The second-order valence-electron chi connectivity index (χ2n) is 5.26. The maximum atomic E-state index is 11.3. The van der Waals surface area contributed by atoms with E-state index in [1.807, 2.05) is 4.90 Å². The van der Waals surface area contributed by atoms with Crippen LogP contribution in [0.15, 0.2) is 18.2 Å². The maximum Gasteiger partial charge on any atom is 0.269 e. The van der Waals surface area contributed by atoms with Crippen LogP contribution in [-0.2, 0) is 11.4 Å². The van der Waals surface area contributed by atoms with Crippen LogP contribution in [0.3, 0.4) is 0 Å². The van der Waals surface area contributed by atoms with E-state index in [1.165, 1.54) is 12.1 Å². The zero-order chi connectivity index (χ0) is 15.4. The van der Waals surface area contributed by atoms with Gasteiger partial charge in [0.25, 0.3) is 5.69 Å². The first-order valence-electron chi connectivity index (χ1n) is 6.96. The summed E-state index contributed by atoms with van der Waals surface area (Å²) >= 11 is 0. The molecule has 114 valence electrons. The zero-order valence-corrected chi connectivity index (χ0v) is 11.7. The molecular weight excluding hydrogens is 274 g/mol. The van der Waals surface area contributed by atoms with Crippen molar-refractivity contribution in [3.8, 4) is 0 Å². The molecule has 1 aliphatic rings. The molecule has 0 bridgehead atoms. The highest BCUT2D eigenvalue weighted by Crippen LogP contribution is 2.32. The molecule has 1 aromatic rings. The Kier molecular flexibility index (Phi) is 4.74. The lowest BCUT2D eigenvalue weighted by Crippen LogP contribution is -2.40. The summed E-state index contributed by atoms with van der Waals surface area (Å²) in [4.78, 5) is 23.5. The van der Waals surface area contributed by atoms with E-state index >= 15 is 0 Å². The Morgan fingerprint density at radius 3 is 2.62 bits per heavy atom. The Morgan fingerprint density at radius 2 is 2.10 bits per heavy atom. The Bertz CT molecular complexity index is 541. The van der Waals surface area contributed by atoms with Gasteiger partial charge in [-0.2, -0.15) is 0 Å². The smallest absolute Gasteiger partial charge is 0.269 e. The van der Waals surface area contributed by atoms with E-state index in [0.717, 1.165) is 25.7 Å². The van der Waals surface area contributed by atoms with Gasteiger partial charge in [0, 0.05) is 29.4 Å². The molecule has 0 aliphatic heterocycles. The number of nitrogens with two attached hydrogens (primary N) is 1. The molecule has 0 spiro atoms. The lowest BCUT2D eigenvalue weighted by atomic mass is 10.1. The number of primary amides is 1. The van der Waals surface area contributed by atoms with Gasteiger partial charge < -0.3 is 15.7 Å². The van der Waals surface area contributed by atoms with Crippen molar-refractivity contribution >= 4 is 17.3 Å². The number of non-ortho nitro benzene ring substituents is 1. The molecule has 0 aromatic heterocycles. The van der Waals surface area contributed by atoms with E-state index in [4.69, 9.17) is 5.73 Å². The molecule has 1 aromatic carbocycles. The first-order chi connectivity index (χ1) is 10.0. The van der Waals surface area contributed by atoms with Gasteiger partial charge in [-0.3, -0.25) is 14.9 Å². The maximum absolute atomic E-state index is 11.3. The molecule has 0 radical (unpaired) electrons. The SMILES string of the molecule is NC(=O)CN(c1ccc([N+](=O)[O-])cc1CO)C1CCCC1. The van der Waals surface area contributed by atoms with E-state index in [1.54, 1.807) is 6.07 Å². The quantitative estimate of drug-likeness (QED) is 0.607. The van der Waals surface area contributed by atoms with Crippen LogP contribution in [0.2, 0.25) is 0 Å². The summed E-state index contributed by atoms with van der Waals surface area (Å²) in [5.41, 5.74) is 6.33. The van der Waals surface area contributed by atoms with Crippen molar-refractivity contribution < 1.29 is 14.8 Å². The van der Waals surface area contributed by atoms with Crippen LogP contribution < -0.4 is 10.6 Å². The van der Waals surface area contributed by atoms with Crippen molar-refractivity contribution in [3.05, 3.63) is 33.9 Å². The first-order valence-corrected chi connectivity index (χ1v) is 6.96. The zero-order valence-electron chi connectivity index (χ0n) is 11.7. The number of anilines is 1. The third-order valence-corrected chi connectivity index (χ3v) is 3.85. The molecule has 0 heterocycles. The van der Waals surface area contributed by atoms with Gasteiger partial charge in [0.2, 0.25) is 5.91 Å². The number of aliphatic hydroxyl groups excluding tert-OH is 1. The summed E-state index contributed by atoms with van der Waals surface area (Å²) in [5.74, 6) is -0.454. The first kappa shape index (κ1) is 15.2. The highest BCUT2D eigenvalue weighted by molar-refractivity contribution is 5.80. The average Bonchev–Trinajstić information content (AvgIpc) is 2.97. The summed E-state index contributed by atoms with van der Waals surface area (Å²) in [6, 6.07) is 4.50. The van der Waals surface area contributed by atoms with Crippen molar-refractivity contribution in [2.45, 2.75) is 38.3 Å². The van der Waals surface area contributed by atoms with Gasteiger partial charge in [0.05, 0.1) is 18.1 Å². The van der Waals surface area contributed by atoms with Crippen LogP contribution in [0.5, 0.6) is 0 Å². The number of hydrogen-bond acceptors (Lipinski definition) is 5. The van der Waals surface area contributed by atoms with Crippen molar-refractivity contribution in [2.75, 3.05) is 11.4 Å². The number of carbonyl (C=O) groups is 1. The van der Waals surface area contributed by atoms with Gasteiger partial charge in [0.1, 0.15) is 0 Å². The summed E-state index contributed by atoms with van der Waals surface area (Å²) in [6.07, 6.45) is 4.08. The predicted octanol–water partition coefficient (Wildman–Crippen LogP) is 1.32.